The molecule has 0 spiro atoms. The van der Waals surface area contributed by atoms with Gasteiger partial charge in [0.15, 0.2) is 0 Å². The molecule has 1 aromatic rings. The zero-order chi connectivity index (χ0) is 12.7. The van der Waals surface area contributed by atoms with Crippen LogP contribution in [-0.2, 0) is 0 Å². The molecule has 1 unspecified atom stereocenters. The van der Waals surface area contributed by atoms with Crippen LogP contribution < -0.4 is 10.1 Å². The van der Waals surface area contributed by atoms with Crippen molar-refractivity contribution in [2.75, 3.05) is 12.4 Å². The number of unbranched alkanes of at least 4 members (excludes halogenated alkanes) is 2. The molecule has 2 nitrogen and oxygen atoms in total. The summed E-state index contributed by atoms with van der Waals surface area (Å²) in [7, 11) is 1.72. The van der Waals surface area contributed by atoms with E-state index in [0.29, 0.717) is 6.04 Å². The Morgan fingerprint density at radius 3 is 2.71 bits per heavy atom. The number of benzene rings is 1. The first kappa shape index (κ1) is 13.9. The average molecular weight is 235 g/mol. The summed E-state index contributed by atoms with van der Waals surface area (Å²) >= 11 is 0. The van der Waals surface area contributed by atoms with E-state index in [9.17, 15) is 0 Å². The molecule has 17 heavy (non-hydrogen) atoms. The number of methoxy groups -OCH3 is 1. The molecule has 0 aliphatic rings. The molecule has 0 aliphatic carbocycles. The SMILES string of the molecule is CCCCCC(C)Nc1ccc(C)cc1OC. The van der Waals surface area contributed by atoms with Gasteiger partial charge < -0.3 is 10.1 Å². The van der Waals surface area contributed by atoms with Crippen LogP contribution in [0.4, 0.5) is 5.69 Å². The number of hydrogen-bond donors (Lipinski definition) is 1. The molecule has 1 aromatic carbocycles. The van der Waals surface area contributed by atoms with Crippen LogP contribution in [0.2, 0.25) is 0 Å². The van der Waals surface area contributed by atoms with E-state index in [1.54, 1.807) is 7.11 Å². The van der Waals surface area contributed by atoms with Gasteiger partial charge in [-0.25, -0.2) is 0 Å². The van der Waals surface area contributed by atoms with Crippen molar-refractivity contribution in [2.45, 2.75) is 52.5 Å². The molecule has 0 amide bonds. The lowest BCUT2D eigenvalue weighted by atomic mass is 10.1. The largest absolute Gasteiger partial charge is 0.495 e. The van der Waals surface area contributed by atoms with E-state index >= 15 is 0 Å². The van der Waals surface area contributed by atoms with E-state index in [-0.39, 0.29) is 0 Å². The van der Waals surface area contributed by atoms with Gasteiger partial charge in [0.2, 0.25) is 0 Å². The predicted molar refractivity (Wildman–Crippen MR) is 75.0 cm³/mol. The summed E-state index contributed by atoms with van der Waals surface area (Å²) < 4.78 is 5.39. The molecule has 1 rings (SSSR count). The van der Waals surface area contributed by atoms with Gasteiger partial charge in [0.1, 0.15) is 5.75 Å². The standard InChI is InChI=1S/C15H25NO/c1-5-6-7-8-13(3)16-14-10-9-12(2)11-15(14)17-4/h9-11,13,16H,5-8H2,1-4H3. The molecule has 1 N–H and O–H groups in total. The molecular formula is C15H25NO. The zero-order valence-electron chi connectivity index (χ0n) is 11.5. The Kier molecular flexibility index (Phi) is 5.88. The molecule has 2 heteroatoms. The van der Waals surface area contributed by atoms with E-state index in [4.69, 9.17) is 4.74 Å². The number of anilines is 1. The van der Waals surface area contributed by atoms with Crippen molar-refractivity contribution in [2.24, 2.45) is 0 Å². The Morgan fingerprint density at radius 2 is 2.06 bits per heavy atom. The minimum Gasteiger partial charge on any atom is -0.495 e. The van der Waals surface area contributed by atoms with Crippen LogP contribution >= 0.6 is 0 Å². The van der Waals surface area contributed by atoms with Crippen LogP contribution in [0.15, 0.2) is 18.2 Å². The van der Waals surface area contributed by atoms with Gasteiger partial charge >= 0.3 is 0 Å². The first-order chi connectivity index (χ1) is 8.17. The highest BCUT2D eigenvalue weighted by Gasteiger charge is 2.06. The van der Waals surface area contributed by atoms with Crippen molar-refractivity contribution < 1.29 is 4.74 Å². The van der Waals surface area contributed by atoms with Gasteiger partial charge in [0.05, 0.1) is 12.8 Å². The molecule has 96 valence electrons. The highest BCUT2D eigenvalue weighted by Crippen LogP contribution is 2.26. The molecule has 0 saturated carbocycles. The highest BCUT2D eigenvalue weighted by atomic mass is 16.5. The Morgan fingerprint density at radius 1 is 1.29 bits per heavy atom. The second kappa shape index (κ2) is 7.21. The molecule has 0 heterocycles. The van der Waals surface area contributed by atoms with Crippen molar-refractivity contribution in [3.05, 3.63) is 23.8 Å². The van der Waals surface area contributed by atoms with Crippen LogP contribution in [0.3, 0.4) is 0 Å². The van der Waals surface area contributed by atoms with Crippen LogP contribution in [0, 0.1) is 6.92 Å². The van der Waals surface area contributed by atoms with Gasteiger partial charge in [-0.3, -0.25) is 0 Å². The van der Waals surface area contributed by atoms with Crippen molar-refractivity contribution >= 4 is 5.69 Å². The highest BCUT2D eigenvalue weighted by molar-refractivity contribution is 5.58. The van der Waals surface area contributed by atoms with Crippen LogP contribution in [0.1, 0.15) is 45.1 Å². The second-order valence-electron chi connectivity index (χ2n) is 4.74. The number of nitrogens with one attached hydrogen (secondary N) is 1. The lowest BCUT2D eigenvalue weighted by Crippen LogP contribution is -2.15. The molecule has 0 fully saturated rings. The number of ether oxygens (including phenoxy) is 1. The van der Waals surface area contributed by atoms with E-state index < -0.39 is 0 Å². The molecule has 0 aromatic heterocycles. The Labute approximate surface area is 105 Å². The lowest BCUT2D eigenvalue weighted by molar-refractivity contribution is 0.415. The number of hydrogen-bond acceptors (Lipinski definition) is 2. The summed E-state index contributed by atoms with van der Waals surface area (Å²) in [4.78, 5) is 0. The van der Waals surface area contributed by atoms with Gasteiger partial charge in [-0.1, -0.05) is 32.3 Å². The monoisotopic (exact) mass is 235 g/mol. The van der Waals surface area contributed by atoms with E-state index in [0.717, 1.165) is 11.4 Å². The Hall–Kier alpha value is -1.18. The van der Waals surface area contributed by atoms with Crippen LogP contribution in [-0.4, -0.2) is 13.2 Å². The molecule has 0 bridgehead atoms. The van der Waals surface area contributed by atoms with Crippen molar-refractivity contribution in [1.29, 1.82) is 0 Å². The van der Waals surface area contributed by atoms with Gasteiger partial charge in [-0.05, 0) is 38.0 Å². The summed E-state index contributed by atoms with van der Waals surface area (Å²) in [6.45, 7) is 6.55. The van der Waals surface area contributed by atoms with Crippen molar-refractivity contribution in [1.82, 2.24) is 0 Å². The van der Waals surface area contributed by atoms with Crippen molar-refractivity contribution in [3.63, 3.8) is 0 Å². The first-order valence-electron chi connectivity index (χ1n) is 6.58. The third-order valence-electron chi connectivity index (χ3n) is 3.00. The van der Waals surface area contributed by atoms with Gasteiger partial charge in [-0.15, -0.1) is 0 Å². The maximum absolute atomic E-state index is 5.39. The maximum Gasteiger partial charge on any atom is 0.142 e. The summed E-state index contributed by atoms with van der Waals surface area (Å²) in [5, 5.41) is 3.52. The first-order valence-corrected chi connectivity index (χ1v) is 6.58. The van der Waals surface area contributed by atoms with E-state index in [2.05, 4.69) is 44.3 Å². The average Bonchev–Trinajstić information content (AvgIpc) is 2.32. The second-order valence-corrected chi connectivity index (χ2v) is 4.74. The van der Waals surface area contributed by atoms with E-state index in [1.807, 2.05) is 0 Å². The Bertz CT molecular complexity index is 336. The zero-order valence-corrected chi connectivity index (χ0v) is 11.5. The van der Waals surface area contributed by atoms with Crippen LogP contribution in [0.5, 0.6) is 5.75 Å². The van der Waals surface area contributed by atoms with Crippen molar-refractivity contribution in [3.8, 4) is 5.75 Å². The molecule has 0 saturated heterocycles. The van der Waals surface area contributed by atoms with Gasteiger partial charge in [0, 0.05) is 6.04 Å². The normalized spacial score (nSPS) is 12.2. The smallest absolute Gasteiger partial charge is 0.142 e. The Balaban J connectivity index is 2.55. The fourth-order valence-corrected chi connectivity index (χ4v) is 1.96. The lowest BCUT2D eigenvalue weighted by Gasteiger charge is -2.17. The van der Waals surface area contributed by atoms with Gasteiger partial charge in [-0.2, -0.15) is 0 Å². The summed E-state index contributed by atoms with van der Waals surface area (Å²) in [6.07, 6.45) is 5.10. The molecule has 0 radical (unpaired) electrons. The number of rotatable bonds is 7. The number of aryl methyl sites for hydroxylation is 1. The summed E-state index contributed by atoms with van der Waals surface area (Å²) in [5.41, 5.74) is 2.33. The fraction of sp³-hybridized carbons (Fsp3) is 0.600. The predicted octanol–water partition coefficient (Wildman–Crippen LogP) is 4.38. The third kappa shape index (κ3) is 4.68. The topological polar surface area (TPSA) is 21.3 Å². The summed E-state index contributed by atoms with van der Waals surface area (Å²) in [5.74, 6) is 0.937. The van der Waals surface area contributed by atoms with E-state index in [1.165, 1.54) is 31.2 Å². The van der Waals surface area contributed by atoms with Crippen LogP contribution in [0.25, 0.3) is 0 Å². The fourth-order valence-electron chi connectivity index (χ4n) is 1.96. The third-order valence-corrected chi connectivity index (χ3v) is 3.00. The van der Waals surface area contributed by atoms with Gasteiger partial charge in [0.25, 0.3) is 0 Å². The maximum atomic E-state index is 5.39. The molecule has 0 aliphatic heterocycles. The summed E-state index contributed by atoms with van der Waals surface area (Å²) in [6, 6.07) is 6.79. The molecule has 1 atom stereocenters. The minimum atomic E-state index is 0.498. The quantitative estimate of drug-likeness (QED) is 0.708. The molecular weight excluding hydrogens is 210 g/mol. The minimum absolute atomic E-state index is 0.498.